The fraction of sp³-hybridized carbons (Fsp3) is 0.188. The number of alkyl halides is 3. The Bertz CT molecular complexity index is 1010. The summed E-state index contributed by atoms with van der Waals surface area (Å²) >= 11 is 3.16. The zero-order valence-electron chi connectivity index (χ0n) is 13.8. The fourth-order valence-corrected chi connectivity index (χ4v) is 4.29. The highest BCUT2D eigenvalue weighted by Gasteiger charge is 2.31. The summed E-state index contributed by atoms with van der Waals surface area (Å²) in [4.78, 5) is 11.8. The molecular formula is C16H12BrF3N2O5S. The van der Waals surface area contributed by atoms with Crippen molar-refractivity contribution in [3.63, 3.8) is 0 Å². The van der Waals surface area contributed by atoms with Gasteiger partial charge in [-0.15, -0.1) is 13.2 Å². The predicted octanol–water partition coefficient (Wildman–Crippen LogP) is 3.27. The van der Waals surface area contributed by atoms with Gasteiger partial charge in [0.1, 0.15) is 17.3 Å². The zero-order valence-corrected chi connectivity index (χ0v) is 16.2. The SMILES string of the molecule is O=C1NCCOc2c1cc(Br)cc2S(=O)(=O)Nc1ccc(OC(F)(F)F)cc1. The van der Waals surface area contributed by atoms with E-state index in [0.29, 0.717) is 4.47 Å². The molecule has 28 heavy (non-hydrogen) atoms. The van der Waals surface area contributed by atoms with Gasteiger partial charge in [-0.1, -0.05) is 15.9 Å². The second kappa shape index (κ2) is 7.51. The van der Waals surface area contributed by atoms with Crippen molar-refractivity contribution in [1.82, 2.24) is 5.32 Å². The van der Waals surface area contributed by atoms with E-state index in [4.69, 9.17) is 4.74 Å². The highest BCUT2D eigenvalue weighted by molar-refractivity contribution is 9.10. The van der Waals surface area contributed by atoms with Crippen molar-refractivity contribution in [2.24, 2.45) is 0 Å². The lowest BCUT2D eigenvalue weighted by Gasteiger charge is -2.15. The van der Waals surface area contributed by atoms with Crippen LogP contribution < -0.4 is 19.5 Å². The Morgan fingerprint density at radius 1 is 1.18 bits per heavy atom. The molecule has 1 heterocycles. The maximum atomic E-state index is 12.8. The predicted molar refractivity (Wildman–Crippen MR) is 95.9 cm³/mol. The molecule has 3 rings (SSSR count). The number of hydrogen-bond donors (Lipinski definition) is 2. The van der Waals surface area contributed by atoms with Gasteiger partial charge in [-0.2, -0.15) is 0 Å². The number of amides is 1. The number of ether oxygens (including phenoxy) is 2. The molecule has 0 aliphatic carbocycles. The van der Waals surface area contributed by atoms with Crippen LogP contribution in [-0.2, 0) is 10.0 Å². The minimum atomic E-state index is -4.85. The van der Waals surface area contributed by atoms with Gasteiger partial charge in [0.15, 0.2) is 5.75 Å². The van der Waals surface area contributed by atoms with Crippen LogP contribution in [0.15, 0.2) is 45.8 Å². The fourth-order valence-electron chi connectivity index (χ4n) is 2.43. The van der Waals surface area contributed by atoms with Crippen molar-refractivity contribution in [3.8, 4) is 11.5 Å². The van der Waals surface area contributed by atoms with Gasteiger partial charge in [0.05, 0.1) is 12.1 Å². The summed E-state index contributed by atoms with van der Waals surface area (Å²) in [6.45, 7) is 0.283. The number of anilines is 1. The maximum absolute atomic E-state index is 12.8. The number of carbonyl (C=O) groups excluding carboxylic acids is 1. The first-order chi connectivity index (χ1) is 13.0. The van der Waals surface area contributed by atoms with Crippen molar-refractivity contribution >= 4 is 37.5 Å². The molecule has 0 atom stereocenters. The van der Waals surface area contributed by atoms with Crippen LogP contribution in [0.3, 0.4) is 0 Å². The van der Waals surface area contributed by atoms with Crippen LogP contribution in [0.5, 0.6) is 11.5 Å². The van der Waals surface area contributed by atoms with Crippen molar-refractivity contribution in [2.45, 2.75) is 11.3 Å². The number of halogens is 4. The van der Waals surface area contributed by atoms with E-state index in [1.54, 1.807) is 0 Å². The molecule has 1 aliphatic heterocycles. The summed E-state index contributed by atoms with van der Waals surface area (Å²) in [6, 6.07) is 6.86. The van der Waals surface area contributed by atoms with Crippen molar-refractivity contribution < 1.29 is 35.9 Å². The van der Waals surface area contributed by atoms with Gasteiger partial charge in [0.25, 0.3) is 15.9 Å². The Balaban J connectivity index is 1.93. The molecule has 0 radical (unpaired) electrons. The molecule has 0 saturated heterocycles. The molecule has 0 spiro atoms. The second-order valence-corrected chi connectivity index (χ2v) is 8.13. The van der Waals surface area contributed by atoms with Crippen molar-refractivity contribution in [1.29, 1.82) is 0 Å². The Morgan fingerprint density at radius 3 is 2.50 bits per heavy atom. The average molecular weight is 481 g/mol. The largest absolute Gasteiger partial charge is 0.573 e. The molecule has 0 bridgehead atoms. The first-order valence-electron chi connectivity index (χ1n) is 7.68. The lowest BCUT2D eigenvalue weighted by molar-refractivity contribution is -0.274. The summed E-state index contributed by atoms with van der Waals surface area (Å²) in [7, 11) is -4.21. The first kappa shape index (κ1) is 20.3. The van der Waals surface area contributed by atoms with Gasteiger partial charge in [0.2, 0.25) is 0 Å². The smallest absolute Gasteiger partial charge is 0.489 e. The lowest BCUT2D eigenvalue weighted by Crippen LogP contribution is -2.24. The van der Waals surface area contributed by atoms with Crippen LogP contribution in [0.1, 0.15) is 10.4 Å². The van der Waals surface area contributed by atoms with Gasteiger partial charge in [-0.25, -0.2) is 8.42 Å². The number of benzene rings is 2. The van der Waals surface area contributed by atoms with Crippen molar-refractivity contribution in [3.05, 3.63) is 46.4 Å². The lowest BCUT2D eigenvalue weighted by atomic mass is 10.2. The standard InChI is InChI=1S/C16H12BrF3N2O5S/c17-9-7-12-14(26-6-5-21-15(12)23)13(8-9)28(24,25)22-10-1-3-11(4-2-10)27-16(18,19)20/h1-4,7-8,22H,5-6H2,(H,21,23). The molecule has 0 fully saturated rings. The minimum Gasteiger partial charge on any atom is -0.489 e. The number of fused-ring (bicyclic) bond motifs is 1. The highest BCUT2D eigenvalue weighted by Crippen LogP contribution is 2.34. The van der Waals surface area contributed by atoms with E-state index in [1.165, 1.54) is 12.1 Å². The second-order valence-electron chi connectivity index (χ2n) is 5.56. The van der Waals surface area contributed by atoms with E-state index in [9.17, 15) is 26.4 Å². The molecule has 0 unspecified atom stereocenters. The molecule has 150 valence electrons. The number of hydrogen-bond acceptors (Lipinski definition) is 5. The summed E-state index contributed by atoms with van der Waals surface area (Å²) in [6.07, 6.45) is -4.85. The van der Waals surface area contributed by atoms with E-state index in [2.05, 4.69) is 30.7 Å². The van der Waals surface area contributed by atoms with Gasteiger partial charge >= 0.3 is 6.36 Å². The average Bonchev–Trinajstić information content (AvgIpc) is 2.76. The molecule has 12 heteroatoms. The number of rotatable bonds is 4. The quantitative estimate of drug-likeness (QED) is 0.700. The highest BCUT2D eigenvalue weighted by atomic mass is 79.9. The van der Waals surface area contributed by atoms with Gasteiger partial charge in [0, 0.05) is 10.2 Å². The molecule has 0 saturated carbocycles. The van der Waals surface area contributed by atoms with Crippen molar-refractivity contribution in [2.75, 3.05) is 17.9 Å². The van der Waals surface area contributed by atoms with Crippen LogP contribution >= 0.6 is 15.9 Å². The number of sulfonamides is 1. The number of nitrogens with one attached hydrogen (secondary N) is 2. The van der Waals surface area contributed by atoms with E-state index in [0.717, 1.165) is 24.3 Å². The molecule has 2 N–H and O–H groups in total. The summed E-state index contributed by atoms with van der Waals surface area (Å²) in [5.74, 6) is -1.09. The third-order valence-corrected chi connectivity index (χ3v) is 5.37. The molecule has 1 amide bonds. The molecule has 2 aromatic rings. The topological polar surface area (TPSA) is 93.7 Å². The Labute approximate surface area is 166 Å². The minimum absolute atomic E-state index is 0.00123. The Hall–Kier alpha value is -2.47. The molecular weight excluding hydrogens is 469 g/mol. The maximum Gasteiger partial charge on any atom is 0.573 e. The normalized spacial score (nSPS) is 14.4. The van der Waals surface area contributed by atoms with E-state index in [1.807, 2.05) is 0 Å². The van der Waals surface area contributed by atoms with E-state index in [-0.39, 0.29) is 35.0 Å². The third-order valence-electron chi connectivity index (χ3n) is 3.53. The van der Waals surface area contributed by atoms with Crippen LogP contribution in [0.25, 0.3) is 0 Å². The summed E-state index contributed by atoms with van der Waals surface area (Å²) in [5, 5.41) is 2.58. The molecule has 7 nitrogen and oxygen atoms in total. The Morgan fingerprint density at radius 2 is 1.86 bits per heavy atom. The van der Waals surface area contributed by atoms with Gasteiger partial charge in [-0.3, -0.25) is 9.52 Å². The molecule has 1 aliphatic rings. The third kappa shape index (κ3) is 4.68. The van der Waals surface area contributed by atoms with Gasteiger partial charge < -0.3 is 14.8 Å². The zero-order chi connectivity index (χ0) is 20.5. The van der Waals surface area contributed by atoms with Crippen LogP contribution in [0.2, 0.25) is 0 Å². The molecule has 0 aromatic heterocycles. The van der Waals surface area contributed by atoms with Crippen LogP contribution in [0, 0.1) is 0 Å². The van der Waals surface area contributed by atoms with Crippen LogP contribution in [-0.4, -0.2) is 33.8 Å². The first-order valence-corrected chi connectivity index (χ1v) is 9.96. The summed E-state index contributed by atoms with van der Waals surface area (Å²) in [5.41, 5.74) is 0.0440. The summed E-state index contributed by atoms with van der Waals surface area (Å²) < 4.78 is 74.0. The Kier molecular flexibility index (Phi) is 5.44. The van der Waals surface area contributed by atoms with E-state index >= 15 is 0 Å². The van der Waals surface area contributed by atoms with Gasteiger partial charge in [-0.05, 0) is 36.4 Å². The van der Waals surface area contributed by atoms with Crippen LogP contribution in [0.4, 0.5) is 18.9 Å². The van der Waals surface area contributed by atoms with E-state index < -0.39 is 28.0 Å². The number of carbonyl (C=O) groups is 1. The molecule has 2 aromatic carbocycles. The monoisotopic (exact) mass is 480 g/mol.